The van der Waals surface area contributed by atoms with E-state index in [0.717, 1.165) is 0 Å². The summed E-state index contributed by atoms with van der Waals surface area (Å²) in [6, 6.07) is 5.73. The zero-order valence-electron chi connectivity index (χ0n) is 11.5. The van der Waals surface area contributed by atoms with Gasteiger partial charge in [0, 0.05) is 11.8 Å². The number of nitrogens with one attached hydrogen (secondary N) is 1. The van der Waals surface area contributed by atoms with Gasteiger partial charge in [-0.1, -0.05) is 0 Å². The Morgan fingerprint density at radius 1 is 1.33 bits per heavy atom. The van der Waals surface area contributed by atoms with Gasteiger partial charge in [-0.25, -0.2) is 14.2 Å². The number of benzene rings is 1. The predicted octanol–water partition coefficient (Wildman–Crippen LogP) is 2.34. The molecule has 2 rings (SSSR count). The van der Waals surface area contributed by atoms with Gasteiger partial charge in [0.15, 0.2) is 11.6 Å². The van der Waals surface area contributed by atoms with E-state index in [2.05, 4.69) is 15.0 Å². The molecule has 0 radical (unpaired) electrons. The van der Waals surface area contributed by atoms with Gasteiger partial charge in [0.1, 0.15) is 11.4 Å². The number of halogens is 1. The van der Waals surface area contributed by atoms with Crippen LogP contribution in [0.2, 0.25) is 0 Å². The zero-order chi connectivity index (χ0) is 15.4. The van der Waals surface area contributed by atoms with Crippen LogP contribution in [-0.2, 0) is 4.74 Å². The van der Waals surface area contributed by atoms with E-state index in [0.29, 0.717) is 11.4 Å². The van der Waals surface area contributed by atoms with Crippen molar-refractivity contribution >= 4 is 23.2 Å². The third-order valence-corrected chi connectivity index (χ3v) is 2.73. The maximum atomic E-state index is 13.6. The molecule has 6 nitrogen and oxygen atoms in total. The normalized spacial score (nSPS) is 10.0. The Morgan fingerprint density at radius 3 is 2.71 bits per heavy atom. The lowest BCUT2D eigenvalue weighted by atomic mass is 10.2. The summed E-state index contributed by atoms with van der Waals surface area (Å²) < 4.78 is 23.1. The highest BCUT2D eigenvalue weighted by Gasteiger charge is 2.14. The Labute approximate surface area is 120 Å². The summed E-state index contributed by atoms with van der Waals surface area (Å²) in [5.74, 6) is -0.775. The molecule has 0 aliphatic heterocycles. The van der Waals surface area contributed by atoms with Crippen molar-refractivity contribution in [1.82, 2.24) is 4.98 Å². The summed E-state index contributed by atoms with van der Waals surface area (Å²) in [4.78, 5) is 15.7. The van der Waals surface area contributed by atoms with E-state index >= 15 is 0 Å². The van der Waals surface area contributed by atoms with E-state index < -0.39 is 11.8 Å². The molecule has 0 fully saturated rings. The Bertz CT molecular complexity index is 677. The van der Waals surface area contributed by atoms with Crippen LogP contribution in [0.4, 0.5) is 21.6 Å². The summed E-state index contributed by atoms with van der Waals surface area (Å²) >= 11 is 0. The molecule has 1 aromatic carbocycles. The minimum Gasteiger partial charge on any atom is -0.494 e. The second-order valence-corrected chi connectivity index (χ2v) is 4.13. The van der Waals surface area contributed by atoms with Crippen LogP contribution in [0.3, 0.4) is 0 Å². The number of nitrogens with two attached hydrogens (primary N) is 1. The lowest BCUT2D eigenvalue weighted by molar-refractivity contribution is 0.0601. The molecule has 0 bridgehead atoms. The fourth-order valence-electron chi connectivity index (χ4n) is 1.73. The number of methoxy groups -OCH3 is 2. The van der Waals surface area contributed by atoms with Crippen molar-refractivity contribution in [3.8, 4) is 5.75 Å². The second-order valence-electron chi connectivity index (χ2n) is 4.13. The highest BCUT2D eigenvalue weighted by molar-refractivity contribution is 5.96. The standard InChI is InChI=1S/C14H14FN3O3/c1-20-12-4-3-9(6-11(12)15)18-13-10(14(19)21-2)5-8(16)7-17-13/h3-7H,16H2,1-2H3,(H,17,18). The monoisotopic (exact) mass is 291 g/mol. The molecule has 0 amide bonds. The van der Waals surface area contributed by atoms with Crippen LogP contribution in [0.15, 0.2) is 30.5 Å². The average Bonchev–Trinajstić information content (AvgIpc) is 2.48. The number of aromatic nitrogens is 1. The van der Waals surface area contributed by atoms with Gasteiger partial charge in [-0.3, -0.25) is 0 Å². The fraction of sp³-hybridized carbons (Fsp3) is 0.143. The van der Waals surface area contributed by atoms with Crippen molar-refractivity contribution in [2.75, 3.05) is 25.3 Å². The van der Waals surface area contributed by atoms with E-state index in [1.165, 1.54) is 38.6 Å². The largest absolute Gasteiger partial charge is 0.494 e. The lowest BCUT2D eigenvalue weighted by Gasteiger charge is -2.11. The predicted molar refractivity (Wildman–Crippen MR) is 76.2 cm³/mol. The number of ether oxygens (including phenoxy) is 2. The molecule has 2 aromatic rings. The SMILES string of the molecule is COC(=O)c1cc(N)cnc1Nc1ccc(OC)c(F)c1. The van der Waals surface area contributed by atoms with Crippen molar-refractivity contribution in [2.45, 2.75) is 0 Å². The van der Waals surface area contributed by atoms with Gasteiger partial charge >= 0.3 is 5.97 Å². The molecule has 0 atom stereocenters. The molecule has 0 aliphatic carbocycles. The van der Waals surface area contributed by atoms with E-state index in [1.807, 2.05) is 0 Å². The van der Waals surface area contributed by atoms with Gasteiger partial charge < -0.3 is 20.5 Å². The van der Waals surface area contributed by atoms with Gasteiger partial charge in [-0.05, 0) is 18.2 Å². The number of rotatable bonds is 4. The fourth-order valence-corrected chi connectivity index (χ4v) is 1.73. The zero-order valence-corrected chi connectivity index (χ0v) is 11.5. The number of nitrogens with zero attached hydrogens (tertiary/aromatic N) is 1. The number of carbonyl (C=O) groups is 1. The van der Waals surface area contributed by atoms with Crippen LogP contribution in [-0.4, -0.2) is 25.2 Å². The molecule has 0 saturated carbocycles. The number of hydrogen-bond donors (Lipinski definition) is 2. The maximum absolute atomic E-state index is 13.6. The number of pyridine rings is 1. The van der Waals surface area contributed by atoms with Crippen LogP contribution >= 0.6 is 0 Å². The van der Waals surface area contributed by atoms with Crippen LogP contribution < -0.4 is 15.8 Å². The molecule has 0 spiro atoms. The molecular weight excluding hydrogens is 277 g/mol. The molecule has 1 heterocycles. The van der Waals surface area contributed by atoms with Gasteiger partial charge in [0.2, 0.25) is 0 Å². The van der Waals surface area contributed by atoms with E-state index in [1.54, 1.807) is 6.07 Å². The van der Waals surface area contributed by atoms with Gasteiger partial charge in [-0.15, -0.1) is 0 Å². The van der Waals surface area contributed by atoms with Crippen molar-refractivity contribution in [3.63, 3.8) is 0 Å². The first-order chi connectivity index (χ1) is 10.0. The van der Waals surface area contributed by atoms with E-state index in [9.17, 15) is 9.18 Å². The molecule has 21 heavy (non-hydrogen) atoms. The Kier molecular flexibility index (Phi) is 4.22. The number of hydrogen-bond acceptors (Lipinski definition) is 6. The molecule has 110 valence electrons. The molecule has 0 saturated heterocycles. The third-order valence-electron chi connectivity index (χ3n) is 2.73. The summed E-state index contributed by atoms with van der Waals surface area (Å²) in [6.45, 7) is 0. The minimum atomic E-state index is -0.591. The average molecular weight is 291 g/mol. The highest BCUT2D eigenvalue weighted by atomic mass is 19.1. The first-order valence-electron chi connectivity index (χ1n) is 5.99. The van der Waals surface area contributed by atoms with Crippen molar-refractivity contribution in [1.29, 1.82) is 0 Å². The summed E-state index contributed by atoms with van der Waals surface area (Å²) in [7, 11) is 2.63. The Hall–Kier alpha value is -2.83. The summed E-state index contributed by atoms with van der Waals surface area (Å²) in [5.41, 5.74) is 6.50. The first kappa shape index (κ1) is 14.6. The smallest absolute Gasteiger partial charge is 0.341 e. The second kappa shape index (κ2) is 6.08. The van der Waals surface area contributed by atoms with Crippen LogP contribution in [0.25, 0.3) is 0 Å². The Balaban J connectivity index is 2.35. The Morgan fingerprint density at radius 2 is 2.10 bits per heavy atom. The highest BCUT2D eigenvalue weighted by Crippen LogP contribution is 2.25. The van der Waals surface area contributed by atoms with Gasteiger partial charge in [0.25, 0.3) is 0 Å². The number of carbonyl (C=O) groups excluding carboxylic acids is 1. The van der Waals surface area contributed by atoms with Crippen LogP contribution in [0, 0.1) is 5.82 Å². The summed E-state index contributed by atoms with van der Waals surface area (Å²) in [6.07, 6.45) is 1.38. The molecular formula is C14H14FN3O3. The van der Waals surface area contributed by atoms with E-state index in [4.69, 9.17) is 10.5 Å². The third kappa shape index (κ3) is 3.19. The van der Waals surface area contributed by atoms with Crippen LogP contribution in [0.5, 0.6) is 5.75 Å². The van der Waals surface area contributed by atoms with Crippen molar-refractivity contribution in [2.24, 2.45) is 0 Å². The number of anilines is 3. The number of esters is 1. The quantitative estimate of drug-likeness (QED) is 0.841. The van der Waals surface area contributed by atoms with Gasteiger partial charge in [-0.2, -0.15) is 0 Å². The minimum absolute atomic E-state index is 0.124. The maximum Gasteiger partial charge on any atom is 0.341 e. The lowest BCUT2D eigenvalue weighted by Crippen LogP contribution is -2.08. The number of nitrogen functional groups attached to an aromatic ring is 1. The molecule has 7 heteroatoms. The molecule has 0 aliphatic rings. The van der Waals surface area contributed by atoms with Crippen molar-refractivity contribution < 1.29 is 18.7 Å². The molecule has 0 unspecified atom stereocenters. The topological polar surface area (TPSA) is 86.5 Å². The van der Waals surface area contributed by atoms with Crippen molar-refractivity contribution in [3.05, 3.63) is 41.8 Å². The van der Waals surface area contributed by atoms with Gasteiger partial charge in [0.05, 0.1) is 26.1 Å². The molecule has 3 N–H and O–H groups in total. The van der Waals surface area contributed by atoms with E-state index in [-0.39, 0.29) is 17.1 Å². The first-order valence-corrected chi connectivity index (χ1v) is 5.99. The summed E-state index contributed by atoms with van der Waals surface area (Å²) in [5, 5.41) is 2.84. The molecule has 1 aromatic heterocycles. The van der Waals surface area contributed by atoms with Crippen LogP contribution in [0.1, 0.15) is 10.4 Å².